The van der Waals surface area contributed by atoms with Crippen LogP contribution in [0.5, 0.6) is 17.2 Å². The molecule has 87 heavy (non-hydrogen) atoms. The molecule has 3 atom stereocenters. The monoisotopic (exact) mass is 1230 g/mol. The van der Waals surface area contributed by atoms with Gasteiger partial charge < -0.3 is 59.8 Å². The van der Waals surface area contributed by atoms with Crippen molar-refractivity contribution in [2.24, 2.45) is 48.4 Å². The Kier molecular flexibility index (Phi) is 20.2. The smallest absolute Gasteiger partial charge is 0.262 e. The van der Waals surface area contributed by atoms with Crippen LogP contribution in [0.1, 0.15) is 110 Å². The van der Waals surface area contributed by atoms with Crippen molar-refractivity contribution in [3.8, 4) is 17.2 Å². The van der Waals surface area contributed by atoms with E-state index in [1.165, 1.54) is 21.0 Å². The second-order valence-corrected chi connectivity index (χ2v) is 24.8. The maximum absolute atomic E-state index is 13.5. The van der Waals surface area contributed by atoms with E-state index in [0.29, 0.717) is 39.6 Å². The highest BCUT2D eigenvalue weighted by Crippen LogP contribution is 2.65. The van der Waals surface area contributed by atoms with Gasteiger partial charge >= 0.3 is 0 Å². The molecule has 0 radical (unpaired) electrons. The van der Waals surface area contributed by atoms with Crippen LogP contribution in [-0.4, -0.2) is 178 Å². The maximum Gasteiger partial charge on any atom is 0.262 e. The molecule has 9 aliphatic rings. The summed E-state index contributed by atoms with van der Waals surface area (Å²) < 4.78 is 59.6. The number of aliphatic imine (C=N–C) groups is 3. The van der Waals surface area contributed by atoms with Crippen LogP contribution >= 0.6 is 12.1 Å². The fourth-order valence-electron chi connectivity index (χ4n) is 15.7. The van der Waals surface area contributed by atoms with Crippen molar-refractivity contribution in [2.45, 2.75) is 131 Å². The Morgan fingerprint density at radius 1 is 0.460 bits per heavy atom. The van der Waals surface area contributed by atoms with Gasteiger partial charge in [0.2, 0.25) is 0 Å². The molecule has 0 aromatic heterocycles. The SMILES string of the molecule is COCCOc1ccc2c(c1)C1(N=C(N)N(C)C1=O)C1(CCC(OC)CC1)C2.COCCOc1ccc2c(c1)[C@@]1(N=C(N)N(C)C1=O)C1(CCC(OC)CC1)C2.COCCOc1ccc2c(c1)[C@]1(N=C(N)N(C)C1=O)C1(CCC(OC)CC1)C2.CSF. The van der Waals surface area contributed by atoms with Gasteiger partial charge in [-0.1, -0.05) is 18.2 Å². The minimum absolute atomic E-state index is 0.0336. The average molecular weight is 1230 g/mol. The van der Waals surface area contributed by atoms with E-state index in [1.54, 1.807) is 63.8 Å². The number of amides is 3. The first kappa shape index (κ1) is 65.4. The number of benzene rings is 3. The lowest BCUT2D eigenvalue weighted by molar-refractivity contribution is -0.138. The zero-order chi connectivity index (χ0) is 62.5. The summed E-state index contributed by atoms with van der Waals surface area (Å²) >= 11 is 0.250. The number of carbonyl (C=O) groups excluding carboxylic acids is 3. The standard InChI is InChI=1S/3C21H29N3O4.CH3FS/c3*1-24-18(25)21(23-19(24)22)17-12-16(28-11-10-26-2)5-4-14(17)13-20(21)8-6-15(27-3)7-9-20;1-3-2/h3*4-5,12,15H,6-11,13H2,1-3H3,(H2,22,23);1H3/t2*15?,20?,21-;;/m10../s1. The Morgan fingerprint density at radius 3 is 0.897 bits per heavy atom. The highest BCUT2D eigenvalue weighted by molar-refractivity contribution is 7.93. The molecule has 3 aromatic carbocycles. The number of nitrogens with zero attached hydrogens (tertiary/aromatic N) is 6. The second-order valence-electron chi connectivity index (χ2n) is 24.4. The molecule has 23 heteroatoms. The van der Waals surface area contributed by atoms with Gasteiger partial charge in [-0.15, -0.1) is 0 Å². The van der Waals surface area contributed by atoms with Crippen LogP contribution in [0.3, 0.4) is 0 Å². The number of hydrogen-bond acceptors (Lipinski definition) is 19. The fraction of sp³-hybridized carbons (Fsp3) is 0.625. The Balaban J connectivity index is 0.000000152. The molecule has 3 fully saturated rings. The van der Waals surface area contributed by atoms with Crippen molar-refractivity contribution < 1.29 is 60.9 Å². The van der Waals surface area contributed by atoms with E-state index in [4.69, 9.17) is 74.8 Å². The molecule has 1 unspecified atom stereocenters. The molecule has 12 rings (SSSR count). The van der Waals surface area contributed by atoms with Crippen molar-refractivity contribution in [3.05, 3.63) is 88.0 Å². The molecule has 476 valence electrons. The lowest BCUT2D eigenvalue weighted by Crippen LogP contribution is -2.51. The van der Waals surface area contributed by atoms with E-state index in [1.807, 2.05) is 36.4 Å². The number of ether oxygens (including phenoxy) is 9. The number of likely N-dealkylation sites (N-methyl/N-ethyl adjacent to an activating group) is 3. The molecule has 21 nitrogen and oxygen atoms in total. The Morgan fingerprint density at radius 2 is 0.701 bits per heavy atom. The van der Waals surface area contributed by atoms with Crippen molar-refractivity contribution >= 4 is 47.7 Å². The molecular weight excluding hydrogens is 1140 g/mol. The highest BCUT2D eigenvalue weighted by atomic mass is 32.2. The zero-order valence-electron chi connectivity index (χ0n) is 52.4. The highest BCUT2D eigenvalue weighted by Gasteiger charge is 2.69. The Hall–Kier alpha value is -6.08. The number of rotatable bonds is 15. The molecule has 6 aliphatic carbocycles. The molecule has 3 heterocycles. The summed E-state index contributed by atoms with van der Waals surface area (Å²) in [7, 11) is 15.3. The summed E-state index contributed by atoms with van der Waals surface area (Å²) in [5.41, 5.74) is 21.1. The van der Waals surface area contributed by atoms with Crippen LogP contribution in [0, 0.1) is 16.2 Å². The van der Waals surface area contributed by atoms with Gasteiger partial charge in [0.05, 0.1) is 38.1 Å². The van der Waals surface area contributed by atoms with Gasteiger partial charge in [-0.2, -0.15) is 3.89 Å². The minimum Gasteiger partial charge on any atom is -0.491 e. The predicted octanol–water partition coefficient (Wildman–Crippen LogP) is 6.71. The van der Waals surface area contributed by atoms with Crippen molar-refractivity contribution in [3.63, 3.8) is 0 Å². The summed E-state index contributed by atoms with van der Waals surface area (Å²) in [4.78, 5) is 59.6. The lowest BCUT2D eigenvalue weighted by Gasteiger charge is -2.45. The largest absolute Gasteiger partial charge is 0.491 e. The summed E-state index contributed by atoms with van der Waals surface area (Å²) in [6, 6.07) is 18.1. The summed E-state index contributed by atoms with van der Waals surface area (Å²) in [5, 5.41) is 0. The van der Waals surface area contributed by atoms with Gasteiger partial charge in [-0.05, 0) is 166 Å². The van der Waals surface area contributed by atoms with Crippen molar-refractivity contribution in [1.82, 2.24) is 14.7 Å². The van der Waals surface area contributed by atoms with E-state index >= 15 is 0 Å². The molecular formula is C64H90FN9O12S. The minimum atomic E-state index is -0.958. The average Bonchev–Trinajstić information content (AvgIpc) is 1.56. The number of nitrogens with two attached hydrogens (primary N) is 3. The normalized spacial score (nSPS) is 30.7. The van der Waals surface area contributed by atoms with Gasteiger partial charge in [-0.25, -0.2) is 15.0 Å². The molecule has 3 aromatic rings. The number of hydrogen-bond donors (Lipinski definition) is 3. The second kappa shape index (κ2) is 26.9. The molecule has 6 N–H and O–H groups in total. The number of fused-ring (bicyclic) bond motifs is 9. The zero-order valence-corrected chi connectivity index (χ0v) is 53.2. The molecule has 6 spiro atoms. The first-order valence-electron chi connectivity index (χ1n) is 30.2. The summed E-state index contributed by atoms with van der Waals surface area (Å²) in [6.45, 7) is 2.92. The van der Waals surface area contributed by atoms with Crippen LogP contribution in [0.4, 0.5) is 3.89 Å². The van der Waals surface area contributed by atoms with Gasteiger partial charge in [0.15, 0.2) is 34.5 Å². The number of methoxy groups -OCH3 is 6. The number of guanidine groups is 3. The third kappa shape index (κ3) is 11.3. The maximum atomic E-state index is 13.5. The van der Waals surface area contributed by atoms with Crippen LogP contribution < -0.4 is 31.4 Å². The predicted molar refractivity (Wildman–Crippen MR) is 330 cm³/mol. The van der Waals surface area contributed by atoms with Crippen LogP contribution in [0.15, 0.2) is 69.6 Å². The van der Waals surface area contributed by atoms with Crippen LogP contribution in [0.2, 0.25) is 0 Å². The third-order valence-electron chi connectivity index (χ3n) is 20.4. The first-order chi connectivity index (χ1) is 41.8. The number of halogens is 1. The van der Waals surface area contributed by atoms with Crippen LogP contribution in [0.25, 0.3) is 0 Å². The third-order valence-corrected chi connectivity index (χ3v) is 20.4. The van der Waals surface area contributed by atoms with Gasteiger partial charge in [0.25, 0.3) is 17.7 Å². The fourth-order valence-corrected chi connectivity index (χ4v) is 15.7. The Bertz CT molecular complexity index is 2750. The lowest BCUT2D eigenvalue weighted by atomic mass is 9.61. The Labute approximate surface area is 515 Å². The topological polar surface area (TPSA) is 259 Å². The first-order valence-corrected chi connectivity index (χ1v) is 31.3. The van der Waals surface area contributed by atoms with E-state index in [0.717, 1.165) is 147 Å². The molecule has 3 amide bonds. The quantitative estimate of drug-likeness (QED) is 0.134. The number of carbonyl (C=O) groups is 3. The van der Waals surface area contributed by atoms with E-state index in [-0.39, 0.29) is 82.3 Å². The van der Waals surface area contributed by atoms with Crippen molar-refractivity contribution in [1.29, 1.82) is 0 Å². The van der Waals surface area contributed by atoms with E-state index in [2.05, 4.69) is 18.2 Å². The van der Waals surface area contributed by atoms with Gasteiger partial charge in [0.1, 0.15) is 37.1 Å². The molecule has 0 bridgehead atoms. The molecule has 3 saturated carbocycles. The summed E-state index contributed by atoms with van der Waals surface area (Å²) in [5.74, 6) is 2.96. The van der Waals surface area contributed by atoms with Crippen LogP contribution in [-0.2, 0) is 78.7 Å². The summed E-state index contributed by atoms with van der Waals surface area (Å²) in [6.07, 6.45) is 15.5. The molecule has 3 aliphatic heterocycles. The van der Waals surface area contributed by atoms with Gasteiger partial charge in [0, 0.05) is 98.5 Å². The van der Waals surface area contributed by atoms with E-state index in [9.17, 15) is 18.3 Å². The van der Waals surface area contributed by atoms with Gasteiger partial charge in [-0.3, -0.25) is 29.1 Å². The molecule has 0 saturated heterocycles. The van der Waals surface area contributed by atoms with E-state index < -0.39 is 16.6 Å². The van der Waals surface area contributed by atoms with Crippen molar-refractivity contribution in [2.75, 3.05) is 110 Å².